The molecule has 1 unspecified atom stereocenters. The molecule has 1 N–H and O–H groups in total. The van der Waals surface area contributed by atoms with Crippen LogP contribution in [0.15, 0.2) is 48.5 Å². The van der Waals surface area contributed by atoms with E-state index in [1.54, 1.807) is 4.90 Å². The molecule has 1 saturated carbocycles. The van der Waals surface area contributed by atoms with E-state index in [1.807, 2.05) is 18.2 Å². The predicted octanol–water partition coefficient (Wildman–Crippen LogP) is 3.63. The van der Waals surface area contributed by atoms with Gasteiger partial charge in [0.1, 0.15) is 17.9 Å². The van der Waals surface area contributed by atoms with Crippen molar-refractivity contribution in [3.63, 3.8) is 0 Å². The molecule has 2 aromatic rings. The maximum absolute atomic E-state index is 13.0. The van der Waals surface area contributed by atoms with Gasteiger partial charge in [-0.25, -0.2) is 0 Å². The van der Waals surface area contributed by atoms with E-state index in [4.69, 9.17) is 4.74 Å². The highest BCUT2D eigenvalue weighted by Crippen LogP contribution is 2.36. The fourth-order valence-electron chi connectivity index (χ4n) is 6.52. The smallest absolute Gasteiger partial charge is 0.255 e. The number of amides is 3. The van der Waals surface area contributed by atoms with Gasteiger partial charge in [0.2, 0.25) is 11.8 Å². The van der Waals surface area contributed by atoms with E-state index in [0.29, 0.717) is 30.5 Å². The van der Waals surface area contributed by atoms with E-state index >= 15 is 0 Å². The van der Waals surface area contributed by atoms with Crippen LogP contribution in [-0.2, 0) is 16.1 Å². The zero-order valence-electron chi connectivity index (χ0n) is 20.5. The summed E-state index contributed by atoms with van der Waals surface area (Å²) in [5, 5.41) is 2.36. The molecule has 0 aromatic heterocycles. The van der Waals surface area contributed by atoms with Crippen molar-refractivity contribution in [1.82, 2.24) is 15.1 Å². The minimum absolute atomic E-state index is 0.134. The summed E-state index contributed by atoms with van der Waals surface area (Å²) >= 11 is 0. The largest absolute Gasteiger partial charge is 0.489 e. The lowest BCUT2D eigenvalue weighted by Crippen LogP contribution is -2.52. The number of imide groups is 1. The van der Waals surface area contributed by atoms with E-state index in [9.17, 15) is 14.4 Å². The second kappa shape index (κ2) is 9.69. The van der Waals surface area contributed by atoms with Crippen molar-refractivity contribution in [2.75, 3.05) is 13.1 Å². The molecule has 0 radical (unpaired) electrons. The van der Waals surface area contributed by atoms with Crippen LogP contribution in [0, 0.1) is 0 Å². The number of carbonyl (C=O) groups excluding carboxylic acids is 3. The molecule has 3 fully saturated rings. The molecule has 4 atom stereocenters. The third-order valence-corrected chi connectivity index (χ3v) is 8.41. The molecule has 188 valence electrons. The quantitative estimate of drug-likeness (QED) is 0.652. The van der Waals surface area contributed by atoms with Gasteiger partial charge in [-0.3, -0.25) is 24.6 Å². The van der Waals surface area contributed by atoms with Crippen molar-refractivity contribution in [2.24, 2.45) is 0 Å². The Bertz CT molecular complexity index is 1170. The van der Waals surface area contributed by atoms with E-state index in [2.05, 4.69) is 40.5 Å². The summed E-state index contributed by atoms with van der Waals surface area (Å²) in [4.78, 5) is 41.1. The van der Waals surface area contributed by atoms with Crippen LogP contribution in [-0.4, -0.2) is 58.8 Å². The summed E-state index contributed by atoms with van der Waals surface area (Å²) in [6.07, 6.45) is 6.54. The number of ether oxygens (including phenoxy) is 1. The molecule has 0 bridgehead atoms. The second-order valence-electron chi connectivity index (χ2n) is 10.6. The van der Waals surface area contributed by atoms with Gasteiger partial charge in [-0.2, -0.15) is 0 Å². The minimum Gasteiger partial charge on any atom is -0.489 e. The number of nitrogens with one attached hydrogen (secondary N) is 1. The predicted molar refractivity (Wildman–Crippen MR) is 135 cm³/mol. The number of carbonyl (C=O) groups is 3. The van der Waals surface area contributed by atoms with Gasteiger partial charge in [-0.15, -0.1) is 0 Å². The van der Waals surface area contributed by atoms with Gasteiger partial charge in [0.05, 0.1) is 0 Å². The number of fused-ring (bicyclic) bond motifs is 1. The summed E-state index contributed by atoms with van der Waals surface area (Å²) in [5.74, 6) is 0.575. The Morgan fingerprint density at radius 1 is 0.917 bits per heavy atom. The highest BCUT2D eigenvalue weighted by molar-refractivity contribution is 6.05. The molecule has 7 heteroatoms. The Balaban J connectivity index is 1.14. The first kappa shape index (κ1) is 23.2. The third kappa shape index (κ3) is 4.41. The molecule has 3 heterocycles. The SMILES string of the molecule is O=C1CCC(N2Cc3cc(O[C@@H]4CCCC[C@@H]4N4CC[C@@H](c5ccccc5)C4)ccc3C2=O)C(=O)N1. The molecule has 6 rings (SSSR count). The zero-order chi connectivity index (χ0) is 24.6. The molecule has 0 spiro atoms. The number of nitrogens with zero attached hydrogens (tertiary/aromatic N) is 2. The van der Waals surface area contributed by atoms with Crippen LogP contribution >= 0.6 is 0 Å². The Morgan fingerprint density at radius 3 is 2.58 bits per heavy atom. The van der Waals surface area contributed by atoms with Crippen molar-refractivity contribution >= 4 is 17.7 Å². The highest BCUT2D eigenvalue weighted by atomic mass is 16.5. The molecule has 3 amide bonds. The molecular weight excluding hydrogens is 454 g/mol. The van der Waals surface area contributed by atoms with Crippen molar-refractivity contribution in [3.8, 4) is 5.75 Å². The second-order valence-corrected chi connectivity index (χ2v) is 10.6. The highest BCUT2D eigenvalue weighted by Gasteiger charge is 2.40. The maximum atomic E-state index is 13.0. The van der Waals surface area contributed by atoms with Crippen LogP contribution in [0.4, 0.5) is 0 Å². The Hall–Kier alpha value is -3.19. The molecule has 36 heavy (non-hydrogen) atoms. The number of benzene rings is 2. The van der Waals surface area contributed by atoms with Gasteiger partial charge in [0.25, 0.3) is 5.91 Å². The van der Waals surface area contributed by atoms with Crippen molar-refractivity contribution in [1.29, 1.82) is 0 Å². The summed E-state index contributed by atoms with van der Waals surface area (Å²) in [6, 6.07) is 16.3. The van der Waals surface area contributed by atoms with Crippen molar-refractivity contribution in [3.05, 3.63) is 65.2 Å². The van der Waals surface area contributed by atoms with Gasteiger partial charge < -0.3 is 9.64 Å². The monoisotopic (exact) mass is 487 g/mol. The normalized spacial score (nSPS) is 28.8. The van der Waals surface area contributed by atoms with Gasteiger partial charge in [0, 0.05) is 31.1 Å². The average molecular weight is 488 g/mol. The van der Waals surface area contributed by atoms with Crippen molar-refractivity contribution < 1.29 is 19.1 Å². The molecule has 4 aliphatic rings. The summed E-state index contributed by atoms with van der Waals surface area (Å²) in [7, 11) is 0. The lowest BCUT2D eigenvalue weighted by Gasteiger charge is -2.38. The Morgan fingerprint density at radius 2 is 1.75 bits per heavy atom. The number of piperidine rings is 1. The molecule has 2 saturated heterocycles. The number of hydrogen-bond acceptors (Lipinski definition) is 5. The third-order valence-electron chi connectivity index (χ3n) is 8.41. The summed E-state index contributed by atoms with van der Waals surface area (Å²) < 4.78 is 6.60. The Labute approximate surface area is 211 Å². The Kier molecular flexibility index (Phi) is 6.25. The van der Waals surface area contributed by atoms with Gasteiger partial charge >= 0.3 is 0 Å². The van der Waals surface area contributed by atoms with E-state index in [1.165, 1.54) is 24.8 Å². The van der Waals surface area contributed by atoms with Crippen molar-refractivity contribution in [2.45, 2.75) is 75.6 Å². The summed E-state index contributed by atoms with van der Waals surface area (Å²) in [6.45, 7) is 2.55. The summed E-state index contributed by atoms with van der Waals surface area (Å²) in [5.41, 5.74) is 2.94. The number of likely N-dealkylation sites (tertiary alicyclic amines) is 1. The van der Waals surface area contributed by atoms with Crippen LogP contribution in [0.25, 0.3) is 0 Å². The average Bonchev–Trinajstić information content (AvgIpc) is 3.50. The van der Waals surface area contributed by atoms with Crippen LogP contribution in [0.3, 0.4) is 0 Å². The first-order valence-corrected chi connectivity index (χ1v) is 13.3. The first-order valence-electron chi connectivity index (χ1n) is 13.3. The van der Waals surface area contributed by atoms with Crippen LogP contribution in [0.1, 0.15) is 72.3 Å². The van der Waals surface area contributed by atoms with Gasteiger partial charge in [0.15, 0.2) is 0 Å². The van der Waals surface area contributed by atoms with E-state index in [-0.39, 0.29) is 30.2 Å². The van der Waals surface area contributed by atoms with Crippen LogP contribution < -0.4 is 10.1 Å². The molecule has 2 aromatic carbocycles. The molecule has 7 nitrogen and oxygen atoms in total. The number of hydrogen-bond donors (Lipinski definition) is 1. The van der Waals surface area contributed by atoms with E-state index < -0.39 is 6.04 Å². The zero-order valence-corrected chi connectivity index (χ0v) is 20.5. The van der Waals surface area contributed by atoms with Crippen LogP contribution in [0.2, 0.25) is 0 Å². The van der Waals surface area contributed by atoms with Gasteiger partial charge in [-0.05, 0) is 73.9 Å². The maximum Gasteiger partial charge on any atom is 0.255 e. The fourth-order valence-corrected chi connectivity index (χ4v) is 6.52. The fraction of sp³-hybridized carbons (Fsp3) is 0.483. The molecule has 1 aliphatic carbocycles. The lowest BCUT2D eigenvalue weighted by molar-refractivity contribution is -0.136. The van der Waals surface area contributed by atoms with E-state index in [0.717, 1.165) is 37.2 Å². The minimum atomic E-state index is -0.595. The first-order chi connectivity index (χ1) is 17.6. The standard InChI is InChI=1S/C29H33N3O4/c33-27-13-12-25(28(34)30-27)32-18-21-16-22(10-11-23(21)29(32)35)36-26-9-5-4-8-24(26)31-15-14-20(17-31)19-6-2-1-3-7-19/h1-3,6-7,10-11,16,20,24-26H,4-5,8-9,12-15,17-18H2,(H,30,33,34)/t20-,24+,25?,26-/m1/s1. The number of rotatable bonds is 5. The molecular formula is C29H33N3O4. The van der Waals surface area contributed by atoms with Gasteiger partial charge in [-0.1, -0.05) is 36.8 Å². The molecule has 3 aliphatic heterocycles. The lowest BCUT2D eigenvalue weighted by atomic mass is 9.91. The topological polar surface area (TPSA) is 79.0 Å². The van der Waals surface area contributed by atoms with Crippen LogP contribution in [0.5, 0.6) is 5.75 Å².